The Morgan fingerprint density at radius 2 is 1.96 bits per heavy atom. The van der Waals surface area contributed by atoms with E-state index in [0.29, 0.717) is 18.8 Å². The maximum atomic E-state index is 13.0. The third-order valence-electron chi connectivity index (χ3n) is 4.38. The number of carbonyl (C=O) groups is 1. The Hall–Kier alpha value is -3.15. The maximum absolute atomic E-state index is 13.0. The van der Waals surface area contributed by atoms with Crippen molar-refractivity contribution in [1.29, 1.82) is 0 Å². The molecular weight excluding hydrogens is 340 g/mol. The quantitative estimate of drug-likeness (QED) is 0.616. The minimum Gasteiger partial charge on any atom is -0.497 e. The number of hydrogen-bond donors (Lipinski definition) is 0. The number of amides is 1. The van der Waals surface area contributed by atoms with Crippen LogP contribution in [0.4, 0.5) is 0 Å². The molecule has 0 radical (unpaired) electrons. The molecule has 1 amide bonds. The lowest BCUT2D eigenvalue weighted by atomic mass is 10.1. The molecule has 2 heterocycles. The van der Waals surface area contributed by atoms with Crippen LogP contribution >= 0.6 is 0 Å². The summed E-state index contributed by atoms with van der Waals surface area (Å²) in [6.07, 6.45) is 4.32. The second kappa shape index (κ2) is 8.98. The van der Waals surface area contributed by atoms with Crippen molar-refractivity contribution in [2.75, 3.05) is 13.7 Å². The van der Waals surface area contributed by atoms with E-state index in [1.165, 1.54) is 0 Å². The number of aryl methyl sites for hydroxylation is 1. The van der Waals surface area contributed by atoms with Gasteiger partial charge in [0.25, 0.3) is 5.91 Å². The summed E-state index contributed by atoms with van der Waals surface area (Å²) < 4.78 is 6.96. The molecule has 0 saturated heterocycles. The van der Waals surface area contributed by atoms with Crippen molar-refractivity contribution in [1.82, 2.24) is 19.7 Å². The van der Waals surface area contributed by atoms with Gasteiger partial charge in [0.1, 0.15) is 11.4 Å². The van der Waals surface area contributed by atoms with Gasteiger partial charge in [-0.1, -0.05) is 18.2 Å². The van der Waals surface area contributed by atoms with Crippen LogP contribution < -0.4 is 4.74 Å². The molecule has 0 unspecified atom stereocenters. The molecule has 0 aliphatic rings. The van der Waals surface area contributed by atoms with Gasteiger partial charge in [0, 0.05) is 25.5 Å². The summed E-state index contributed by atoms with van der Waals surface area (Å²) in [5, 5.41) is 4.36. The zero-order chi connectivity index (χ0) is 19.1. The van der Waals surface area contributed by atoms with Crippen molar-refractivity contribution in [3.8, 4) is 5.75 Å². The zero-order valence-corrected chi connectivity index (χ0v) is 15.7. The Kier molecular flexibility index (Phi) is 6.20. The van der Waals surface area contributed by atoms with Gasteiger partial charge in [-0.3, -0.25) is 14.5 Å². The molecule has 0 aliphatic carbocycles. The Labute approximate surface area is 159 Å². The average Bonchev–Trinajstić information content (AvgIpc) is 3.21. The van der Waals surface area contributed by atoms with E-state index in [1.807, 2.05) is 55.6 Å². The van der Waals surface area contributed by atoms with Crippen molar-refractivity contribution >= 4 is 5.91 Å². The third-order valence-corrected chi connectivity index (χ3v) is 4.38. The topological polar surface area (TPSA) is 60.2 Å². The largest absolute Gasteiger partial charge is 0.497 e. The highest BCUT2D eigenvalue weighted by Crippen LogP contribution is 2.14. The fourth-order valence-electron chi connectivity index (χ4n) is 2.81. The molecule has 0 bridgehead atoms. The van der Waals surface area contributed by atoms with E-state index >= 15 is 0 Å². The maximum Gasteiger partial charge on any atom is 0.274 e. The Morgan fingerprint density at radius 3 is 2.59 bits per heavy atom. The normalized spacial score (nSPS) is 10.6. The number of carbonyl (C=O) groups excluding carboxylic acids is 1. The predicted octanol–water partition coefficient (Wildman–Crippen LogP) is 3.19. The standard InChI is InChI=1S/C21H24N4O2/c1-3-25-15-12-20(23-25)21(26)24(16-18-6-4-5-13-22-18)14-11-17-7-9-19(27-2)10-8-17/h4-10,12-13,15H,3,11,14,16H2,1-2H3. The van der Waals surface area contributed by atoms with E-state index in [1.54, 1.807) is 29.0 Å². The number of benzene rings is 1. The number of ether oxygens (including phenoxy) is 1. The molecule has 3 aromatic rings. The molecule has 1 aromatic carbocycles. The van der Waals surface area contributed by atoms with E-state index in [0.717, 1.165) is 30.0 Å². The molecule has 6 heteroatoms. The van der Waals surface area contributed by atoms with E-state index in [-0.39, 0.29) is 5.91 Å². The van der Waals surface area contributed by atoms with Gasteiger partial charge in [-0.2, -0.15) is 5.10 Å². The summed E-state index contributed by atoms with van der Waals surface area (Å²) in [5.41, 5.74) is 2.46. The van der Waals surface area contributed by atoms with Crippen molar-refractivity contribution in [2.24, 2.45) is 0 Å². The highest BCUT2D eigenvalue weighted by molar-refractivity contribution is 5.92. The Bertz CT molecular complexity index is 859. The molecule has 6 nitrogen and oxygen atoms in total. The number of hydrogen-bond acceptors (Lipinski definition) is 4. The predicted molar refractivity (Wildman–Crippen MR) is 104 cm³/mol. The van der Waals surface area contributed by atoms with Crippen molar-refractivity contribution < 1.29 is 9.53 Å². The van der Waals surface area contributed by atoms with E-state index in [4.69, 9.17) is 4.74 Å². The van der Waals surface area contributed by atoms with Crippen LogP contribution in [0.15, 0.2) is 60.9 Å². The summed E-state index contributed by atoms with van der Waals surface area (Å²) in [5.74, 6) is 0.742. The zero-order valence-electron chi connectivity index (χ0n) is 15.7. The summed E-state index contributed by atoms with van der Waals surface area (Å²) in [6.45, 7) is 3.77. The molecule has 3 rings (SSSR count). The fourth-order valence-corrected chi connectivity index (χ4v) is 2.81. The Morgan fingerprint density at radius 1 is 1.15 bits per heavy atom. The molecule has 0 aliphatic heterocycles. The first-order valence-corrected chi connectivity index (χ1v) is 9.05. The second-order valence-corrected chi connectivity index (χ2v) is 6.20. The van der Waals surface area contributed by atoms with Crippen molar-refractivity contribution in [2.45, 2.75) is 26.4 Å². The number of rotatable bonds is 8. The minimum atomic E-state index is -0.0821. The van der Waals surface area contributed by atoms with Crippen molar-refractivity contribution in [3.05, 3.63) is 77.9 Å². The first-order valence-electron chi connectivity index (χ1n) is 9.05. The Balaban J connectivity index is 1.74. The molecule has 140 valence electrons. The molecule has 0 spiro atoms. The van der Waals surface area contributed by atoms with Crippen LogP contribution in [0.5, 0.6) is 5.75 Å². The van der Waals surface area contributed by atoms with Gasteiger partial charge >= 0.3 is 0 Å². The van der Waals surface area contributed by atoms with E-state index < -0.39 is 0 Å². The lowest BCUT2D eigenvalue weighted by Gasteiger charge is -2.21. The number of methoxy groups -OCH3 is 1. The smallest absolute Gasteiger partial charge is 0.274 e. The molecular formula is C21H24N4O2. The van der Waals surface area contributed by atoms with Crippen LogP contribution in [0.25, 0.3) is 0 Å². The van der Waals surface area contributed by atoms with Crippen LogP contribution in [0.1, 0.15) is 28.7 Å². The minimum absolute atomic E-state index is 0.0821. The van der Waals surface area contributed by atoms with Crippen molar-refractivity contribution in [3.63, 3.8) is 0 Å². The molecule has 0 saturated carbocycles. The van der Waals surface area contributed by atoms with Gasteiger partial charge in [0.05, 0.1) is 19.3 Å². The third kappa shape index (κ3) is 4.94. The van der Waals surface area contributed by atoms with E-state index in [2.05, 4.69) is 10.1 Å². The van der Waals surface area contributed by atoms with Crippen LogP contribution in [0.2, 0.25) is 0 Å². The van der Waals surface area contributed by atoms with Gasteiger partial charge in [0.15, 0.2) is 0 Å². The average molecular weight is 364 g/mol. The number of pyridine rings is 1. The lowest BCUT2D eigenvalue weighted by Crippen LogP contribution is -2.33. The monoisotopic (exact) mass is 364 g/mol. The summed E-state index contributed by atoms with van der Waals surface area (Å²) >= 11 is 0. The van der Waals surface area contributed by atoms with Gasteiger partial charge < -0.3 is 9.64 Å². The van der Waals surface area contributed by atoms with Crippen LogP contribution in [-0.4, -0.2) is 39.2 Å². The van der Waals surface area contributed by atoms with Gasteiger partial charge in [-0.05, 0) is 49.2 Å². The molecule has 0 atom stereocenters. The number of aromatic nitrogens is 3. The van der Waals surface area contributed by atoms with Gasteiger partial charge in [-0.25, -0.2) is 0 Å². The van der Waals surface area contributed by atoms with Crippen LogP contribution in [-0.2, 0) is 19.5 Å². The molecule has 0 fully saturated rings. The summed E-state index contributed by atoms with van der Waals surface area (Å²) in [4.78, 5) is 19.2. The molecule has 0 N–H and O–H groups in total. The summed E-state index contributed by atoms with van der Waals surface area (Å²) in [7, 11) is 1.65. The highest BCUT2D eigenvalue weighted by atomic mass is 16.5. The molecule has 27 heavy (non-hydrogen) atoms. The number of nitrogens with zero attached hydrogens (tertiary/aromatic N) is 4. The van der Waals surface area contributed by atoms with Crippen LogP contribution in [0, 0.1) is 0 Å². The van der Waals surface area contributed by atoms with Gasteiger partial charge in [0.2, 0.25) is 0 Å². The molecule has 2 aromatic heterocycles. The highest BCUT2D eigenvalue weighted by Gasteiger charge is 2.19. The first kappa shape index (κ1) is 18.6. The summed E-state index contributed by atoms with van der Waals surface area (Å²) in [6, 6.07) is 15.4. The first-order chi connectivity index (χ1) is 13.2. The van der Waals surface area contributed by atoms with Crippen LogP contribution in [0.3, 0.4) is 0 Å². The lowest BCUT2D eigenvalue weighted by molar-refractivity contribution is 0.0736. The van der Waals surface area contributed by atoms with E-state index in [9.17, 15) is 4.79 Å². The van der Waals surface area contributed by atoms with Gasteiger partial charge in [-0.15, -0.1) is 0 Å². The second-order valence-electron chi connectivity index (χ2n) is 6.20. The SMILES string of the molecule is CCn1ccc(C(=O)N(CCc2ccc(OC)cc2)Cc2ccccn2)n1. The fraction of sp³-hybridized carbons (Fsp3) is 0.286.